The van der Waals surface area contributed by atoms with E-state index < -0.39 is 0 Å². The number of halogens is 1. The second kappa shape index (κ2) is 7.03. The molecule has 0 bridgehead atoms. The van der Waals surface area contributed by atoms with Crippen molar-refractivity contribution in [3.05, 3.63) is 69.6 Å². The molecular weight excluding hydrogens is 346 g/mol. The third kappa shape index (κ3) is 3.27. The Hall–Kier alpha value is -2.37. The molecule has 0 aliphatic heterocycles. The molecule has 3 aromatic rings. The van der Waals surface area contributed by atoms with Gasteiger partial charge in [-0.25, -0.2) is 4.79 Å². The van der Waals surface area contributed by atoms with Gasteiger partial charge in [0, 0.05) is 16.6 Å². The van der Waals surface area contributed by atoms with E-state index in [-0.39, 0.29) is 11.9 Å². The lowest BCUT2D eigenvalue weighted by Crippen LogP contribution is -2.22. The zero-order chi connectivity index (χ0) is 17.1. The first kappa shape index (κ1) is 16.5. The van der Waals surface area contributed by atoms with Crippen molar-refractivity contribution < 1.29 is 14.3 Å². The molecule has 24 heavy (non-hydrogen) atoms. The summed E-state index contributed by atoms with van der Waals surface area (Å²) in [6, 6.07) is 14.5. The van der Waals surface area contributed by atoms with Gasteiger partial charge in [0.05, 0.1) is 17.7 Å². The van der Waals surface area contributed by atoms with Crippen molar-refractivity contribution in [2.45, 2.75) is 6.54 Å². The van der Waals surface area contributed by atoms with E-state index in [1.54, 1.807) is 24.3 Å². The lowest BCUT2D eigenvalue weighted by Gasteiger charge is -2.05. The van der Waals surface area contributed by atoms with E-state index in [0.717, 1.165) is 15.6 Å². The fraction of sp³-hybridized carbons (Fsp3) is 0.111. The second-order valence-electron chi connectivity index (χ2n) is 5.11. The molecule has 4 nitrogen and oxygen atoms in total. The molecule has 0 unspecified atom stereocenters. The van der Waals surface area contributed by atoms with Gasteiger partial charge in [0.2, 0.25) is 0 Å². The lowest BCUT2D eigenvalue weighted by molar-refractivity contribution is 0.0600. The van der Waals surface area contributed by atoms with Gasteiger partial charge in [-0.05, 0) is 23.8 Å². The third-order valence-corrected chi connectivity index (χ3v) is 5.24. The van der Waals surface area contributed by atoms with Crippen LogP contribution in [0.15, 0.2) is 48.5 Å². The maximum Gasteiger partial charge on any atom is 0.337 e. The SMILES string of the molecule is COC(=O)c1ccc(CNC(=O)c2sc3ccccc3c2Cl)cc1. The number of carbonyl (C=O) groups is 2. The van der Waals surface area contributed by atoms with Gasteiger partial charge in [-0.1, -0.05) is 41.9 Å². The highest BCUT2D eigenvalue weighted by Crippen LogP contribution is 2.34. The Morgan fingerprint density at radius 1 is 1.12 bits per heavy atom. The number of benzene rings is 2. The highest BCUT2D eigenvalue weighted by atomic mass is 35.5. The van der Waals surface area contributed by atoms with Gasteiger partial charge in [0.25, 0.3) is 5.91 Å². The van der Waals surface area contributed by atoms with E-state index >= 15 is 0 Å². The van der Waals surface area contributed by atoms with E-state index in [9.17, 15) is 9.59 Å². The Morgan fingerprint density at radius 2 is 1.83 bits per heavy atom. The summed E-state index contributed by atoms with van der Waals surface area (Å²) < 4.78 is 5.63. The average molecular weight is 360 g/mol. The molecule has 0 saturated heterocycles. The van der Waals surface area contributed by atoms with Crippen molar-refractivity contribution in [2.75, 3.05) is 7.11 Å². The smallest absolute Gasteiger partial charge is 0.337 e. The predicted octanol–water partition coefficient (Wildman–Crippen LogP) is 4.27. The van der Waals surface area contributed by atoms with Gasteiger partial charge in [-0.15, -0.1) is 11.3 Å². The normalized spacial score (nSPS) is 10.6. The molecule has 1 aromatic heterocycles. The van der Waals surface area contributed by atoms with Crippen LogP contribution in [0.2, 0.25) is 5.02 Å². The molecule has 3 rings (SSSR count). The molecule has 1 amide bonds. The molecule has 0 atom stereocenters. The summed E-state index contributed by atoms with van der Waals surface area (Å²) in [4.78, 5) is 24.3. The van der Waals surface area contributed by atoms with E-state index in [4.69, 9.17) is 11.6 Å². The molecule has 0 spiro atoms. The standard InChI is InChI=1S/C18H14ClNO3S/c1-23-18(22)12-8-6-11(7-9-12)10-20-17(21)16-15(19)13-4-2-3-5-14(13)24-16/h2-9H,10H2,1H3,(H,20,21). The van der Waals surface area contributed by atoms with Gasteiger partial charge in [0.1, 0.15) is 4.88 Å². The fourth-order valence-electron chi connectivity index (χ4n) is 2.30. The molecule has 1 heterocycles. The number of rotatable bonds is 4. The van der Waals surface area contributed by atoms with Crippen molar-refractivity contribution in [1.82, 2.24) is 5.32 Å². The minimum atomic E-state index is -0.386. The van der Waals surface area contributed by atoms with Crippen LogP contribution < -0.4 is 5.32 Å². The van der Waals surface area contributed by atoms with Gasteiger partial charge in [-0.3, -0.25) is 4.79 Å². The molecule has 0 aliphatic rings. The van der Waals surface area contributed by atoms with Crippen LogP contribution in [0.25, 0.3) is 10.1 Å². The van der Waals surface area contributed by atoms with E-state index in [1.807, 2.05) is 24.3 Å². The first-order valence-corrected chi connectivity index (χ1v) is 8.42. The monoisotopic (exact) mass is 359 g/mol. The highest BCUT2D eigenvalue weighted by Gasteiger charge is 2.16. The van der Waals surface area contributed by atoms with E-state index in [2.05, 4.69) is 10.1 Å². The molecule has 0 radical (unpaired) electrons. The first-order valence-electron chi connectivity index (χ1n) is 7.22. The largest absolute Gasteiger partial charge is 0.465 e. The van der Waals surface area contributed by atoms with Crippen LogP contribution in [0, 0.1) is 0 Å². The molecule has 0 fully saturated rings. The summed E-state index contributed by atoms with van der Waals surface area (Å²) in [5.41, 5.74) is 1.35. The van der Waals surface area contributed by atoms with E-state index in [1.165, 1.54) is 18.4 Å². The predicted molar refractivity (Wildman–Crippen MR) is 95.8 cm³/mol. The summed E-state index contributed by atoms with van der Waals surface area (Å²) >= 11 is 7.67. The zero-order valence-corrected chi connectivity index (χ0v) is 14.4. The number of thiophene rings is 1. The Morgan fingerprint density at radius 3 is 2.50 bits per heavy atom. The summed E-state index contributed by atoms with van der Waals surface area (Å²) in [6.07, 6.45) is 0. The Bertz CT molecular complexity index is 902. The van der Waals surface area contributed by atoms with Crippen molar-refractivity contribution >= 4 is 44.9 Å². The summed E-state index contributed by atoms with van der Waals surface area (Å²) in [5.74, 6) is -0.596. The fourth-order valence-corrected chi connectivity index (χ4v) is 3.73. The average Bonchev–Trinajstić information content (AvgIpc) is 2.96. The van der Waals surface area contributed by atoms with Crippen molar-refractivity contribution in [2.24, 2.45) is 0 Å². The lowest BCUT2D eigenvalue weighted by atomic mass is 10.1. The van der Waals surface area contributed by atoms with Gasteiger partial charge in [0.15, 0.2) is 0 Å². The number of methoxy groups -OCH3 is 1. The summed E-state index contributed by atoms with van der Waals surface area (Å²) in [6.45, 7) is 0.352. The first-order chi connectivity index (χ1) is 11.6. The third-order valence-electron chi connectivity index (χ3n) is 3.57. The molecule has 0 saturated carbocycles. The van der Waals surface area contributed by atoms with Crippen LogP contribution in [0.1, 0.15) is 25.6 Å². The minimum Gasteiger partial charge on any atom is -0.465 e. The van der Waals surface area contributed by atoms with Crippen molar-refractivity contribution in [1.29, 1.82) is 0 Å². The van der Waals surface area contributed by atoms with Crippen LogP contribution >= 0.6 is 22.9 Å². The molecule has 0 aliphatic carbocycles. The second-order valence-corrected chi connectivity index (χ2v) is 6.54. The Balaban J connectivity index is 1.70. The topological polar surface area (TPSA) is 55.4 Å². The number of carbonyl (C=O) groups excluding carboxylic acids is 2. The molecule has 2 aromatic carbocycles. The summed E-state index contributed by atoms with van der Waals surface area (Å²) in [7, 11) is 1.34. The number of fused-ring (bicyclic) bond motifs is 1. The highest BCUT2D eigenvalue weighted by molar-refractivity contribution is 7.21. The van der Waals surface area contributed by atoms with Crippen LogP contribution in [0.4, 0.5) is 0 Å². The molecular formula is C18H14ClNO3S. The van der Waals surface area contributed by atoms with Gasteiger partial charge in [-0.2, -0.15) is 0 Å². The number of ether oxygens (including phenoxy) is 1. The van der Waals surface area contributed by atoms with E-state index in [0.29, 0.717) is 22.0 Å². The number of amides is 1. The number of nitrogens with one attached hydrogen (secondary N) is 1. The summed E-state index contributed by atoms with van der Waals surface area (Å²) in [5, 5.41) is 4.22. The number of hydrogen-bond donors (Lipinski definition) is 1. The van der Waals surface area contributed by atoms with Gasteiger partial charge >= 0.3 is 5.97 Å². The van der Waals surface area contributed by atoms with Crippen molar-refractivity contribution in [3.8, 4) is 0 Å². The van der Waals surface area contributed by atoms with Crippen LogP contribution in [0.3, 0.4) is 0 Å². The molecule has 6 heteroatoms. The number of esters is 1. The van der Waals surface area contributed by atoms with Crippen LogP contribution in [0.5, 0.6) is 0 Å². The number of hydrogen-bond acceptors (Lipinski definition) is 4. The van der Waals surface area contributed by atoms with Crippen molar-refractivity contribution in [3.63, 3.8) is 0 Å². The molecule has 1 N–H and O–H groups in total. The maximum atomic E-state index is 12.4. The Labute approximate surface area is 148 Å². The quantitative estimate of drug-likeness (QED) is 0.708. The minimum absolute atomic E-state index is 0.210. The molecule has 122 valence electrons. The van der Waals surface area contributed by atoms with Crippen LogP contribution in [-0.4, -0.2) is 19.0 Å². The zero-order valence-electron chi connectivity index (χ0n) is 12.8. The van der Waals surface area contributed by atoms with Gasteiger partial charge < -0.3 is 10.1 Å². The maximum absolute atomic E-state index is 12.4. The van der Waals surface area contributed by atoms with Crippen LogP contribution in [-0.2, 0) is 11.3 Å². The Kier molecular flexibility index (Phi) is 4.83.